The maximum Gasteiger partial charge on any atom is 0.0943 e. The van der Waals surface area contributed by atoms with Crippen LogP contribution in [0.25, 0.3) is 0 Å². The van der Waals surface area contributed by atoms with E-state index >= 15 is 0 Å². The van der Waals surface area contributed by atoms with Gasteiger partial charge in [-0.2, -0.15) is 0 Å². The number of rotatable bonds is 6. The molecule has 0 unspecified atom stereocenters. The number of thioether (sulfide) groups is 1. The summed E-state index contributed by atoms with van der Waals surface area (Å²) in [6.45, 7) is 5.56. The fourth-order valence-electron chi connectivity index (χ4n) is 0.319. The van der Waals surface area contributed by atoms with Gasteiger partial charge in [-0.25, -0.2) is 0 Å². The summed E-state index contributed by atoms with van der Waals surface area (Å²) in [6, 6.07) is 0. The van der Waals surface area contributed by atoms with E-state index in [0.717, 1.165) is 25.1 Å². The Hall–Kier alpha value is 0.270. The summed E-state index contributed by atoms with van der Waals surface area (Å²) in [6.07, 6.45) is 0. The molecule has 0 rings (SSSR count). The molecule has 0 aliphatic rings. The fourth-order valence-corrected chi connectivity index (χ4v) is 0.956. The zero-order chi connectivity index (χ0) is 6.95. The second-order valence-electron chi connectivity index (χ2n) is 1.43. The van der Waals surface area contributed by atoms with Crippen LogP contribution in [0.1, 0.15) is 13.8 Å². The highest BCUT2D eigenvalue weighted by Gasteiger charge is 1.84. The predicted octanol–water partition coefficient (Wildman–Crippen LogP) is 1.71. The first-order valence-electron chi connectivity index (χ1n) is 3.15. The summed E-state index contributed by atoms with van der Waals surface area (Å²) in [5, 5.41) is 0. The Morgan fingerprint density at radius 2 is 1.44 bits per heavy atom. The topological polar surface area (TPSA) is 18.5 Å². The third kappa shape index (κ3) is 8.27. The van der Waals surface area contributed by atoms with Gasteiger partial charge in [-0.05, 0) is 13.8 Å². The molecule has 0 aromatic rings. The van der Waals surface area contributed by atoms with Gasteiger partial charge in [-0.15, -0.1) is 11.8 Å². The molecule has 2 nitrogen and oxygen atoms in total. The highest BCUT2D eigenvalue weighted by molar-refractivity contribution is 7.98. The molecule has 0 aliphatic heterocycles. The van der Waals surface area contributed by atoms with E-state index in [1.54, 1.807) is 11.8 Å². The van der Waals surface area contributed by atoms with Crippen LogP contribution >= 0.6 is 11.8 Å². The van der Waals surface area contributed by atoms with Crippen LogP contribution in [0.5, 0.6) is 0 Å². The molecule has 0 aromatic carbocycles. The molecule has 3 heteroatoms. The lowest BCUT2D eigenvalue weighted by molar-refractivity contribution is 0.183. The van der Waals surface area contributed by atoms with E-state index in [1.165, 1.54) is 0 Å². The fraction of sp³-hybridized carbons (Fsp3) is 1.00. The summed E-state index contributed by atoms with van der Waals surface area (Å²) < 4.78 is 10.1. The van der Waals surface area contributed by atoms with Gasteiger partial charge in [0.25, 0.3) is 0 Å². The second kappa shape index (κ2) is 8.27. The monoisotopic (exact) mass is 150 g/mol. The van der Waals surface area contributed by atoms with Gasteiger partial charge in [0.1, 0.15) is 0 Å². The molecule has 0 atom stereocenters. The zero-order valence-electron chi connectivity index (χ0n) is 6.05. The van der Waals surface area contributed by atoms with Crippen LogP contribution < -0.4 is 0 Å². The van der Waals surface area contributed by atoms with Crippen molar-refractivity contribution in [2.24, 2.45) is 0 Å². The largest absolute Gasteiger partial charge is 0.371 e. The summed E-state index contributed by atoms with van der Waals surface area (Å²) in [5.74, 6) is 1.49. The summed E-state index contributed by atoms with van der Waals surface area (Å²) >= 11 is 1.66. The van der Waals surface area contributed by atoms with Crippen LogP contribution in [-0.4, -0.2) is 25.1 Å². The molecule has 0 aromatic heterocycles. The third-order valence-electron chi connectivity index (χ3n) is 0.742. The Balaban J connectivity index is 2.60. The van der Waals surface area contributed by atoms with Crippen LogP contribution in [0.4, 0.5) is 0 Å². The van der Waals surface area contributed by atoms with Crippen molar-refractivity contribution in [3.05, 3.63) is 0 Å². The van der Waals surface area contributed by atoms with Crippen LogP contribution in [-0.2, 0) is 9.47 Å². The van der Waals surface area contributed by atoms with Crippen molar-refractivity contribution in [3.8, 4) is 0 Å². The maximum absolute atomic E-state index is 5.06. The number of ether oxygens (including phenoxy) is 2. The highest BCUT2D eigenvalue weighted by Crippen LogP contribution is 1.99. The van der Waals surface area contributed by atoms with E-state index < -0.39 is 0 Å². The lowest BCUT2D eigenvalue weighted by Crippen LogP contribution is -1.93. The van der Waals surface area contributed by atoms with Crippen molar-refractivity contribution in [1.29, 1.82) is 0 Å². The first-order chi connectivity index (χ1) is 4.41. The van der Waals surface area contributed by atoms with Gasteiger partial charge >= 0.3 is 0 Å². The normalized spacial score (nSPS) is 10.0. The standard InChI is InChI=1S/C6H14O2S/c1-3-7-5-9-6-8-4-2/h3-6H2,1-2H3. The molecule has 0 aliphatic carbocycles. The average molecular weight is 150 g/mol. The quantitative estimate of drug-likeness (QED) is 0.424. The number of hydrogen-bond acceptors (Lipinski definition) is 3. The van der Waals surface area contributed by atoms with Gasteiger partial charge in [-0.1, -0.05) is 0 Å². The molecular weight excluding hydrogens is 136 g/mol. The van der Waals surface area contributed by atoms with Crippen molar-refractivity contribution in [3.63, 3.8) is 0 Å². The van der Waals surface area contributed by atoms with Crippen molar-refractivity contribution in [1.82, 2.24) is 0 Å². The molecule has 0 radical (unpaired) electrons. The molecule has 0 saturated carbocycles. The molecule has 0 fully saturated rings. The van der Waals surface area contributed by atoms with Gasteiger partial charge in [0.15, 0.2) is 0 Å². The third-order valence-corrected chi connectivity index (χ3v) is 1.41. The first kappa shape index (κ1) is 9.27. The molecule has 0 spiro atoms. The van der Waals surface area contributed by atoms with Crippen molar-refractivity contribution < 1.29 is 9.47 Å². The highest BCUT2D eigenvalue weighted by atomic mass is 32.2. The van der Waals surface area contributed by atoms with E-state index in [0.29, 0.717) is 0 Å². The van der Waals surface area contributed by atoms with Crippen LogP contribution in [0.3, 0.4) is 0 Å². The molecule has 0 N–H and O–H groups in total. The summed E-state index contributed by atoms with van der Waals surface area (Å²) in [5.41, 5.74) is 0. The van der Waals surface area contributed by atoms with Crippen LogP contribution in [0.2, 0.25) is 0 Å². The van der Waals surface area contributed by atoms with Crippen LogP contribution in [0, 0.1) is 0 Å². The minimum absolute atomic E-state index is 0.747. The predicted molar refractivity (Wildman–Crippen MR) is 40.6 cm³/mol. The summed E-state index contributed by atoms with van der Waals surface area (Å²) in [7, 11) is 0. The Kier molecular flexibility index (Phi) is 8.52. The second-order valence-corrected chi connectivity index (χ2v) is 2.31. The lowest BCUT2D eigenvalue weighted by atomic mass is 10.9. The Morgan fingerprint density at radius 3 is 1.78 bits per heavy atom. The van der Waals surface area contributed by atoms with Crippen molar-refractivity contribution in [2.75, 3.05) is 25.1 Å². The first-order valence-corrected chi connectivity index (χ1v) is 4.30. The van der Waals surface area contributed by atoms with E-state index in [2.05, 4.69) is 0 Å². The molecule has 56 valence electrons. The number of hydrogen-bond donors (Lipinski definition) is 0. The van der Waals surface area contributed by atoms with Crippen molar-refractivity contribution >= 4 is 11.8 Å². The smallest absolute Gasteiger partial charge is 0.0943 e. The van der Waals surface area contributed by atoms with Gasteiger partial charge in [0.2, 0.25) is 0 Å². The Labute approximate surface area is 60.9 Å². The minimum atomic E-state index is 0.747. The van der Waals surface area contributed by atoms with E-state index in [9.17, 15) is 0 Å². The van der Waals surface area contributed by atoms with E-state index in [1.807, 2.05) is 13.8 Å². The molecule has 0 saturated heterocycles. The lowest BCUT2D eigenvalue weighted by Gasteiger charge is -1.99. The van der Waals surface area contributed by atoms with E-state index in [-0.39, 0.29) is 0 Å². The molecule has 0 heterocycles. The zero-order valence-corrected chi connectivity index (χ0v) is 6.87. The minimum Gasteiger partial charge on any atom is -0.371 e. The summed E-state index contributed by atoms with van der Waals surface area (Å²) in [4.78, 5) is 0. The Bertz CT molecular complexity index is 44.3. The average Bonchev–Trinajstić information content (AvgIpc) is 1.89. The molecular formula is C6H14O2S. The molecule has 9 heavy (non-hydrogen) atoms. The maximum atomic E-state index is 5.06. The van der Waals surface area contributed by atoms with Crippen molar-refractivity contribution in [2.45, 2.75) is 13.8 Å². The molecule has 0 amide bonds. The Morgan fingerprint density at radius 1 is 1.00 bits per heavy atom. The van der Waals surface area contributed by atoms with Gasteiger partial charge in [0.05, 0.1) is 11.9 Å². The van der Waals surface area contributed by atoms with Gasteiger partial charge in [0, 0.05) is 13.2 Å². The molecule has 0 bridgehead atoms. The van der Waals surface area contributed by atoms with E-state index in [4.69, 9.17) is 9.47 Å². The SMILES string of the molecule is CCOCSCOCC. The van der Waals surface area contributed by atoms with Crippen LogP contribution in [0.15, 0.2) is 0 Å². The van der Waals surface area contributed by atoms with Gasteiger partial charge in [-0.3, -0.25) is 0 Å². The van der Waals surface area contributed by atoms with Gasteiger partial charge < -0.3 is 9.47 Å².